The quantitative estimate of drug-likeness (QED) is 0.528. The van der Waals surface area contributed by atoms with Crippen molar-refractivity contribution in [2.45, 2.75) is 102 Å². The Hall–Kier alpha value is -1.49. The summed E-state index contributed by atoms with van der Waals surface area (Å²) in [6.07, 6.45) is 13.2. The molecular weight excluding hydrogens is 469 g/mol. The van der Waals surface area contributed by atoms with Crippen molar-refractivity contribution in [3.05, 3.63) is 40.3 Å². The smallest absolute Gasteiger partial charge is 0.273 e. The van der Waals surface area contributed by atoms with Gasteiger partial charge in [-0.15, -0.1) is 0 Å². The van der Waals surface area contributed by atoms with Crippen molar-refractivity contribution in [1.29, 1.82) is 0 Å². The SMILES string of the molecule is C[C@@H]1C[C@@H]2C[C@H](C1)C[C@@H](N1[C@@H]3CCC[C@H]1C[C@@H](n1c(=O)c(CCP(C)(=O)O)nc4ccccc41)C3)C2. The highest BCUT2D eigenvalue weighted by Gasteiger charge is 2.46. The van der Waals surface area contributed by atoms with Crippen molar-refractivity contribution in [2.75, 3.05) is 12.8 Å². The van der Waals surface area contributed by atoms with E-state index in [-0.39, 0.29) is 24.2 Å². The molecule has 0 radical (unpaired) electrons. The highest BCUT2D eigenvalue weighted by molar-refractivity contribution is 7.57. The molecule has 6 nitrogen and oxygen atoms in total. The molecule has 2 saturated carbocycles. The number of piperidine rings is 2. The third-order valence-electron chi connectivity index (χ3n) is 9.77. The van der Waals surface area contributed by atoms with Crippen molar-refractivity contribution in [3.63, 3.8) is 0 Å². The lowest BCUT2D eigenvalue weighted by atomic mass is 9.65. The second kappa shape index (κ2) is 9.67. The minimum absolute atomic E-state index is 0.0557. The maximum atomic E-state index is 13.8. The van der Waals surface area contributed by atoms with Gasteiger partial charge in [-0.1, -0.05) is 25.5 Å². The number of rotatable bonds is 5. The second-order valence-electron chi connectivity index (χ2n) is 12.7. The van der Waals surface area contributed by atoms with Crippen molar-refractivity contribution in [2.24, 2.45) is 17.8 Å². The van der Waals surface area contributed by atoms with Crippen molar-refractivity contribution in [1.82, 2.24) is 14.5 Å². The Kier molecular flexibility index (Phi) is 6.67. The highest BCUT2D eigenvalue weighted by atomic mass is 31.2. The second-order valence-corrected chi connectivity index (χ2v) is 15.3. The molecule has 2 aliphatic carbocycles. The first kappa shape index (κ1) is 24.8. The summed E-state index contributed by atoms with van der Waals surface area (Å²) in [5, 5.41) is 0. The molecular formula is C29H42N3O3P. The summed E-state index contributed by atoms with van der Waals surface area (Å²) >= 11 is 0. The average Bonchev–Trinajstić information content (AvgIpc) is 2.80. The Morgan fingerprint density at radius 3 is 2.28 bits per heavy atom. The van der Waals surface area contributed by atoms with Crippen LogP contribution >= 0.6 is 7.37 Å². The van der Waals surface area contributed by atoms with Crippen molar-refractivity contribution < 1.29 is 9.46 Å². The molecule has 4 fully saturated rings. The van der Waals surface area contributed by atoms with E-state index in [0.29, 0.717) is 17.8 Å². The molecule has 2 saturated heterocycles. The summed E-state index contributed by atoms with van der Waals surface area (Å²) in [7, 11) is -3.21. The highest BCUT2D eigenvalue weighted by Crippen LogP contribution is 2.48. The van der Waals surface area contributed by atoms with Crippen LogP contribution in [-0.4, -0.2) is 50.3 Å². The van der Waals surface area contributed by atoms with Gasteiger partial charge in [-0.2, -0.15) is 0 Å². The molecule has 1 aromatic heterocycles. The van der Waals surface area contributed by atoms with Gasteiger partial charge in [0.2, 0.25) is 0 Å². The van der Waals surface area contributed by atoms with Gasteiger partial charge in [0.15, 0.2) is 7.37 Å². The lowest BCUT2D eigenvalue weighted by molar-refractivity contribution is -0.0525. The number of fused-ring (bicyclic) bond motifs is 5. The third-order valence-corrected chi connectivity index (χ3v) is 10.8. The molecule has 0 amide bonds. The van der Waals surface area contributed by atoms with E-state index in [1.54, 1.807) is 0 Å². The Bertz CT molecular complexity index is 1190. The summed E-state index contributed by atoms with van der Waals surface area (Å²) in [5.41, 5.74) is 2.11. The molecule has 36 heavy (non-hydrogen) atoms. The lowest BCUT2D eigenvalue weighted by Gasteiger charge is -2.55. The van der Waals surface area contributed by atoms with E-state index in [0.717, 1.165) is 47.7 Å². The number of nitrogens with zero attached hydrogens (tertiary/aromatic N) is 3. The van der Waals surface area contributed by atoms with Crippen molar-refractivity contribution >= 4 is 18.4 Å². The Morgan fingerprint density at radius 2 is 1.61 bits per heavy atom. The molecule has 1 unspecified atom stereocenters. The molecule has 3 heterocycles. The minimum Gasteiger partial charge on any atom is -0.344 e. The van der Waals surface area contributed by atoms with Crippen LogP contribution in [0.2, 0.25) is 0 Å². The first-order chi connectivity index (χ1) is 17.2. The minimum atomic E-state index is -3.21. The van der Waals surface area contributed by atoms with Crippen LogP contribution in [0.15, 0.2) is 29.1 Å². The van der Waals surface area contributed by atoms with Crippen LogP contribution in [0.5, 0.6) is 0 Å². The molecule has 7 heteroatoms. The van der Waals surface area contributed by atoms with Crippen LogP contribution in [-0.2, 0) is 11.0 Å². The molecule has 1 N–H and O–H groups in total. The third kappa shape index (κ3) is 4.86. The Morgan fingerprint density at radius 1 is 0.944 bits per heavy atom. The molecule has 4 aliphatic rings. The molecule has 2 aliphatic heterocycles. The van der Waals surface area contributed by atoms with Crippen molar-refractivity contribution in [3.8, 4) is 0 Å². The van der Waals surface area contributed by atoms with Gasteiger partial charge in [0, 0.05) is 43.4 Å². The summed E-state index contributed by atoms with van der Waals surface area (Å²) in [5.74, 6) is 2.71. The van der Waals surface area contributed by atoms with Crippen LogP contribution < -0.4 is 5.56 Å². The van der Waals surface area contributed by atoms with Gasteiger partial charge in [0.05, 0.1) is 11.0 Å². The molecule has 1 aromatic carbocycles. The van der Waals surface area contributed by atoms with E-state index in [4.69, 9.17) is 0 Å². The number of benzene rings is 1. The summed E-state index contributed by atoms with van der Waals surface area (Å²) in [4.78, 5) is 31.2. The maximum Gasteiger partial charge on any atom is 0.273 e. The number of aryl methyl sites for hydroxylation is 1. The van der Waals surface area contributed by atoms with Crippen LogP contribution in [0.4, 0.5) is 0 Å². The van der Waals surface area contributed by atoms with E-state index < -0.39 is 7.37 Å². The number of aromatic nitrogens is 2. The van der Waals surface area contributed by atoms with Gasteiger partial charge in [-0.3, -0.25) is 14.3 Å². The van der Waals surface area contributed by atoms with E-state index in [1.807, 2.05) is 28.8 Å². The summed E-state index contributed by atoms with van der Waals surface area (Å²) < 4.78 is 14.0. The van der Waals surface area contributed by atoms with Gasteiger partial charge in [0.1, 0.15) is 5.69 Å². The van der Waals surface area contributed by atoms with Gasteiger partial charge < -0.3 is 9.46 Å². The first-order valence-electron chi connectivity index (χ1n) is 14.3. The van der Waals surface area contributed by atoms with Crippen LogP contribution in [0, 0.1) is 17.8 Å². The number of hydrogen-bond acceptors (Lipinski definition) is 4. The van der Waals surface area contributed by atoms with Crippen LogP contribution in [0.1, 0.15) is 82.9 Å². The Balaban J connectivity index is 1.30. The molecule has 196 valence electrons. The Labute approximate surface area is 214 Å². The monoisotopic (exact) mass is 511 g/mol. The fourth-order valence-corrected chi connectivity index (χ4v) is 9.26. The predicted octanol–water partition coefficient (Wildman–Crippen LogP) is 5.61. The number of para-hydroxylation sites is 2. The molecule has 2 aromatic rings. The normalized spacial score (nSPS) is 36.5. The average molecular weight is 512 g/mol. The van der Waals surface area contributed by atoms with Gasteiger partial charge in [0.25, 0.3) is 5.56 Å². The predicted molar refractivity (Wildman–Crippen MR) is 145 cm³/mol. The van der Waals surface area contributed by atoms with Gasteiger partial charge >= 0.3 is 0 Å². The standard InChI is InChI=1S/C29H42N3O3P/c1-19-12-20-14-21(13-19)16-24(15-20)31-22-6-5-7-23(31)18-25(17-22)32-28-9-4-3-8-26(28)30-27(29(32)33)10-11-36(2,34)35/h3-4,8-9,19-25H,5-7,10-18H2,1-2H3,(H,34,35)/t19-,20-,21+,22-,23+,24+,25+. The molecule has 6 rings (SSSR count). The number of hydrogen-bond donors (Lipinski definition) is 1. The molecule has 0 spiro atoms. The topological polar surface area (TPSA) is 75.4 Å². The maximum absolute atomic E-state index is 13.8. The van der Waals surface area contributed by atoms with Gasteiger partial charge in [-0.25, -0.2) is 4.98 Å². The van der Waals surface area contributed by atoms with E-state index >= 15 is 0 Å². The summed E-state index contributed by atoms with van der Waals surface area (Å²) in [6, 6.07) is 9.95. The summed E-state index contributed by atoms with van der Waals surface area (Å²) in [6.45, 7) is 3.81. The van der Waals surface area contributed by atoms with E-state index in [1.165, 1.54) is 58.0 Å². The van der Waals surface area contributed by atoms with E-state index in [2.05, 4.69) is 16.8 Å². The van der Waals surface area contributed by atoms with Crippen LogP contribution in [0.25, 0.3) is 11.0 Å². The zero-order chi connectivity index (χ0) is 25.0. The van der Waals surface area contributed by atoms with E-state index in [9.17, 15) is 14.3 Å². The van der Waals surface area contributed by atoms with Crippen LogP contribution in [0.3, 0.4) is 0 Å². The fourth-order valence-electron chi connectivity index (χ4n) is 8.63. The largest absolute Gasteiger partial charge is 0.344 e. The fraction of sp³-hybridized carbons (Fsp3) is 0.724. The molecule has 8 atom stereocenters. The van der Waals surface area contributed by atoms with Gasteiger partial charge in [-0.05, 0) is 87.7 Å². The lowest BCUT2D eigenvalue weighted by Crippen LogP contribution is -2.59. The zero-order valence-corrected chi connectivity index (χ0v) is 22.8. The molecule has 4 bridgehead atoms. The first-order valence-corrected chi connectivity index (χ1v) is 16.6. The zero-order valence-electron chi connectivity index (χ0n) is 21.9.